The number of halogens is 4. The van der Waals surface area contributed by atoms with Crippen molar-refractivity contribution in [3.05, 3.63) is 84.3 Å². The topological polar surface area (TPSA) is 76.0 Å². The van der Waals surface area contributed by atoms with Crippen molar-refractivity contribution >= 4 is 44.7 Å². The Balaban J connectivity index is 0.00000306. The standard InChI is InChI=1S/C22H19F3N4O2S.ClH/c1-26-12-15-14-29(32(30,31)19-3-2-10-27-13-19)21-11-18(8-9-20(15)21)28-17-6-4-16(5-7-17)22(23,24)25;/h2-11,13-14,26,28H,12H2,1H3;1H. The fourth-order valence-electron chi connectivity index (χ4n) is 3.40. The minimum absolute atomic E-state index is 0. The molecule has 0 fully saturated rings. The van der Waals surface area contributed by atoms with Crippen LogP contribution in [0, 0.1) is 0 Å². The van der Waals surface area contributed by atoms with E-state index in [-0.39, 0.29) is 17.3 Å². The second-order valence-electron chi connectivity index (χ2n) is 7.11. The fraction of sp³-hybridized carbons (Fsp3) is 0.136. The van der Waals surface area contributed by atoms with Crippen molar-refractivity contribution in [2.24, 2.45) is 0 Å². The second-order valence-corrected chi connectivity index (χ2v) is 8.92. The van der Waals surface area contributed by atoms with E-state index >= 15 is 0 Å². The highest BCUT2D eigenvalue weighted by molar-refractivity contribution is 7.90. The van der Waals surface area contributed by atoms with E-state index in [0.29, 0.717) is 23.4 Å². The van der Waals surface area contributed by atoms with Gasteiger partial charge >= 0.3 is 6.18 Å². The van der Waals surface area contributed by atoms with Crippen molar-refractivity contribution in [2.45, 2.75) is 17.6 Å². The molecule has 0 atom stereocenters. The third-order valence-corrected chi connectivity index (χ3v) is 6.57. The molecule has 6 nitrogen and oxygen atoms in total. The van der Waals surface area contributed by atoms with Crippen LogP contribution in [0.4, 0.5) is 24.5 Å². The van der Waals surface area contributed by atoms with Crippen LogP contribution in [0.3, 0.4) is 0 Å². The van der Waals surface area contributed by atoms with E-state index in [1.54, 1.807) is 37.5 Å². The Bertz CT molecular complexity index is 1360. The highest BCUT2D eigenvalue weighted by atomic mass is 35.5. The first kappa shape index (κ1) is 24.6. The highest BCUT2D eigenvalue weighted by Gasteiger charge is 2.30. The average Bonchev–Trinajstić information content (AvgIpc) is 3.13. The Morgan fingerprint density at radius 1 is 1.03 bits per heavy atom. The maximum atomic E-state index is 13.2. The summed E-state index contributed by atoms with van der Waals surface area (Å²) >= 11 is 0. The molecule has 0 aliphatic carbocycles. The summed E-state index contributed by atoms with van der Waals surface area (Å²) in [6.45, 7) is 0.456. The number of anilines is 2. The van der Waals surface area contributed by atoms with Gasteiger partial charge in [0.2, 0.25) is 0 Å². The summed E-state index contributed by atoms with van der Waals surface area (Å²) in [6, 6.07) is 12.8. The van der Waals surface area contributed by atoms with Crippen molar-refractivity contribution in [2.75, 3.05) is 12.4 Å². The van der Waals surface area contributed by atoms with Crippen molar-refractivity contribution in [1.82, 2.24) is 14.3 Å². The number of benzene rings is 2. The summed E-state index contributed by atoms with van der Waals surface area (Å²) in [4.78, 5) is 3.95. The van der Waals surface area contributed by atoms with E-state index < -0.39 is 21.8 Å². The van der Waals surface area contributed by atoms with Crippen LogP contribution < -0.4 is 10.6 Å². The minimum atomic E-state index is -4.41. The number of nitrogens with zero attached hydrogens (tertiary/aromatic N) is 2. The molecule has 0 bridgehead atoms. The van der Waals surface area contributed by atoms with Crippen LogP contribution in [0.15, 0.2) is 78.1 Å². The number of nitrogens with one attached hydrogen (secondary N) is 2. The zero-order valence-electron chi connectivity index (χ0n) is 17.3. The van der Waals surface area contributed by atoms with Gasteiger partial charge in [0, 0.05) is 41.9 Å². The van der Waals surface area contributed by atoms with Gasteiger partial charge in [0.05, 0.1) is 11.1 Å². The number of hydrogen-bond acceptors (Lipinski definition) is 5. The summed E-state index contributed by atoms with van der Waals surface area (Å²) in [6.07, 6.45) is -0.0808. The minimum Gasteiger partial charge on any atom is -0.355 e. The molecule has 0 unspecified atom stereocenters. The maximum absolute atomic E-state index is 13.2. The monoisotopic (exact) mass is 496 g/mol. The number of pyridine rings is 1. The maximum Gasteiger partial charge on any atom is 0.416 e. The van der Waals surface area contributed by atoms with Crippen LogP contribution in [0.2, 0.25) is 0 Å². The zero-order valence-corrected chi connectivity index (χ0v) is 18.9. The Kier molecular flexibility index (Phi) is 7.01. The molecule has 174 valence electrons. The normalized spacial score (nSPS) is 11.9. The molecule has 2 N–H and O–H groups in total. The molecule has 33 heavy (non-hydrogen) atoms. The third-order valence-electron chi connectivity index (χ3n) is 4.91. The lowest BCUT2D eigenvalue weighted by Crippen LogP contribution is -2.12. The van der Waals surface area contributed by atoms with E-state index in [1.807, 2.05) is 0 Å². The molecule has 0 saturated carbocycles. The molecule has 0 saturated heterocycles. The molecule has 0 aliphatic heterocycles. The molecular formula is C22H20ClF3N4O2S. The lowest BCUT2D eigenvalue weighted by Gasteiger charge is -2.11. The molecule has 2 aromatic carbocycles. The first-order valence-corrected chi connectivity index (χ1v) is 11.0. The van der Waals surface area contributed by atoms with Gasteiger partial charge in [0.1, 0.15) is 4.90 Å². The molecule has 11 heteroatoms. The van der Waals surface area contributed by atoms with Crippen molar-refractivity contribution in [1.29, 1.82) is 0 Å². The predicted molar refractivity (Wildman–Crippen MR) is 123 cm³/mol. The summed E-state index contributed by atoms with van der Waals surface area (Å²) < 4.78 is 66.1. The third kappa shape index (κ3) is 4.97. The molecule has 0 radical (unpaired) electrons. The van der Waals surface area contributed by atoms with Crippen LogP contribution in [0.5, 0.6) is 0 Å². The number of aromatic nitrogens is 2. The molecule has 4 aromatic rings. The van der Waals surface area contributed by atoms with Gasteiger partial charge in [-0.1, -0.05) is 6.07 Å². The summed E-state index contributed by atoms with van der Waals surface area (Å²) in [5.41, 5.74) is 1.47. The molecule has 0 spiro atoms. The first-order valence-electron chi connectivity index (χ1n) is 9.58. The second kappa shape index (κ2) is 9.42. The van der Waals surface area contributed by atoms with E-state index in [4.69, 9.17) is 0 Å². The fourth-order valence-corrected chi connectivity index (χ4v) is 4.74. The van der Waals surface area contributed by atoms with E-state index in [9.17, 15) is 21.6 Å². The van der Waals surface area contributed by atoms with Gasteiger partial charge in [0.25, 0.3) is 10.0 Å². The molecule has 4 rings (SSSR count). The Morgan fingerprint density at radius 3 is 2.33 bits per heavy atom. The molecule has 0 amide bonds. The van der Waals surface area contributed by atoms with Gasteiger partial charge in [0.15, 0.2) is 0 Å². The molecule has 0 aliphatic rings. The van der Waals surface area contributed by atoms with Crippen LogP contribution in [-0.4, -0.2) is 24.4 Å². The average molecular weight is 497 g/mol. The summed E-state index contributed by atoms with van der Waals surface area (Å²) in [5, 5.41) is 6.80. The molecule has 2 aromatic heterocycles. The Morgan fingerprint density at radius 2 is 1.73 bits per heavy atom. The SMILES string of the molecule is CNCc1cn(S(=O)(=O)c2cccnc2)c2cc(Nc3ccc(C(F)(F)F)cc3)ccc12.Cl. The van der Waals surface area contributed by atoms with Gasteiger partial charge in [-0.2, -0.15) is 13.2 Å². The van der Waals surface area contributed by atoms with Gasteiger partial charge in [-0.25, -0.2) is 12.4 Å². The number of hydrogen-bond donors (Lipinski definition) is 2. The predicted octanol–water partition coefficient (Wildman–Crippen LogP) is 5.18. The van der Waals surface area contributed by atoms with E-state index in [1.165, 1.54) is 34.6 Å². The first-order chi connectivity index (χ1) is 15.2. The van der Waals surface area contributed by atoms with Gasteiger partial charge in [-0.3, -0.25) is 4.98 Å². The van der Waals surface area contributed by atoms with Gasteiger partial charge in [-0.05, 0) is 61.1 Å². The lowest BCUT2D eigenvalue weighted by molar-refractivity contribution is -0.137. The Labute approximate surface area is 194 Å². The van der Waals surface area contributed by atoms with Crippen molar-refractivity contribution < 1.29 is 21.6 Å². The van der Waals surface area contributed by atoms with Gasteiger partial charge < -0.3 is 10.6 Å². The zero-order chi connectivity index (χ0) is 22.9. The lowest BCUT2D eigenvalue weighted by atomic mass is 10.1. The number of alkyl halides is 3. The van der Waals surface area contributed by atoms with Crippen molar-refractivity contribution in [3.63, 3.8) is 0 Å². The smallest absolute Gasteiger partial charge is 0.355 e. The van der Waals surface area contributed by atoms with Crippen LogP contribution in [0.1, 0.15) is 11.1 Å². The number of fused-ring (bicyclic) bond motifs is 1. The van der Waals surface area contributed by atoms with Crippen LogP contribution in [0.25, 0.3) is 10.9 Å². The Hall–Kier alpha value is -3.08. The molecular weight excluding hydrogens is 477 g/mol. The van der Waals surface area contributed by atoms with Gasteiger partial charge in [-0.15, -0.1) is 12.4 Å². The molecule has 2 heterocycles. The van der Waals surface area contributed by atoms with E-state index in [0.717, 1.165) is 23.1 Å². The quantitative estimate of drug-likeness (QED) is 0.385. The van der Waals surface area contributed by atoms with E-state index in [2.05, 4.69) is 15.6 Å². The van der Waals surface area contributed by atoms with Crippen LogP contribution in [-0.2, 0) is 22.7 Å². The largest absolute Gasteiger partial charge is 0.416 e. The summed E-state index contributed by atoms with van der Waals surface area (Å²) in [5.74, 6) is 0. The van der Waals surface area contributed by atoms with Crippen molar-refractivity contribution in [3.8, 4) is 0 Å². The summed E-state index contributed by atoms with van der Waals surface area (Å²) in [7, 11) is -2.14. The van der Waals surface area contributed by atoms with Crippen LogP contribution >= 0.6 is 12.4 Å². The highest BCUT2D eigenvalue weighted by Crippen LogP contribution is 2.32. The number of rotatable bonds is 6.